The number of benzene rings is 1. The highest BCUT2D eigenvalue weighted by atomic mass is 19.4. The maximum Gasteiger partial charge on any atom is 0.416 e. The Hall–Kier alpha value is -1.60. The lowest BCUT2D eigenvalue weighted by Gasteiger charge is -2.64. The zero-order chi connectivity index (χ0) is 17.6. The molecule has 1 spiro atoms. The van der Waals surface area contributed by atoms with Gasteiger partial charge in [-0.2, -0.15) is 13.2 Å². The molecule has 1 aromatic rings. The number of nitrogens with two attached hydrogens (primary N) is 1. The number of carbonyl (C=O) groups excluding carboxylic acids is 1. The summed E-state index contributed by atoms with van der Waals surface area (Å²) in [4.78, 5) is 12.4. The van der Waals surface area contributed by atoms with Crippen LogP contribution in [0.1, 0.15) is 36.8 Å². The lowest BCUT2D eigenvalue weighted by molar-refractivity contribution is -0.192. The van der Waals surface area contributed by atoms with Crippen LogP contribution < -0.4 is 11.1 Å². The van der Waals surface area contributed by atoms with Gasteiger partial charge in [0, 0.05) is 18.4 Å². The SMILES string of the molecule is N[C@]1(C(=O)NCCc2ccccc2C(F)(F)F)C[C@H](O)C12CCC2. The molecule has 0 unspecified atom stereocenters. The van der Waals surface area contributed by atoms with Gasteiger partial charge in [0.25, 0.3) is 0 Å². The third-order valence-electron chi connectivity index (χ3n) is 5.70. The Balaban J connectivity index is 1.61. The van der Waals surface area contributed by atoms with E-state index in [1.807, 2.05) is 0 Å². The first kappa shape index (κ1) is 17.2. The summed E-state index contributed by atoms with van der Waals surface area (Å²) in [7, 11) is 0. The molecule has 0 aromatic heterocycles. The molecule has 0 aliphatic heterocycles. The standard InChI is InChI=1S/C17H21F3N2O2/c18-17(19,20)12-5-2-1-4-11(12)6-9-22-14(24)16(21)10-13(23)15(16)7-3-8-15/h1-2,4-5,13,23H,3,6-10,21H2,(H,22,24)/t13-,16-/m0/s1. The molecule has 0 radical (unpaired) electrons. The van der Waals surface area contributed by atoms with Gasteiger partial charge in [0.15, 0.2) is 0 Å². The van der Waals surface area contributed by atoms with Crippen LogP contribution in [0.4, 0.5) is 13.2 Å². The second-order valence-corrected chi connectivity index (χ2v) is 6.86. The van der Waals surface area contributed by atoms with E-state index < -0.39 is 28.8 Å². The average molecular weight is 342 g/mol. The molecular formula is C17H21F3N2O2. The molecule has 1 amide bonds. The topological polar surface area (TPSA) is 75.4 Å². The molecule has 24 heavy (non-hydrogen) atoms. The summed E-state index contributed by atoms with van der Waals surface area (Å²) in [5, 5.41) is 12.6. The first-order valence-electron chi connectivity index (χ1n) is 8.11. The molecule has 2 aliphatic carbocycles. The number of carbonyl (C=O) groups is 1. The van der Waals surface area contributed by atoms with Gasteiger partial charge >= 0.3 is 6.18 Å². The van der Waals surface area contributed by atoms with Crippen molar-refractivity contribution in [2.45, 2.75) is 49.9 Å². The lowest BCUT2D eigenvalue weighted by Crippen LogP contribution is -2.79. The van der Waals surface area contributed by atoms with Gasteiger partial charge in [0.1, 0.15) is 5.54 Å². The zero-order valence-corrected chi connectivity index (χ0v) is 13.2. The zero-order valence-electron chi connectivity index (χ0n) is 13.2. The van der Waals surface area contributed by atoms with Crippen LogP contribution >= 0.6 is 0 Å². The average Bonchev–Trinajstić information content (AvgIpc) is 2.44. The van der Waals surface area contributed by atoms with E-state index in [0.717, 1.165) is 25.3 Å². The van der Waals surface area contributed by atoms with E-state index in [4.69, 9.17) is 5.73 Å². The molecule has 0 saturated heterocycles. The summed E-state index contributed by atoms with van der Waals surface area (Å²) < 4.78 is 38.9. The Morgan fingerprint density at radius 1 is 1.33 bits per heavy atom. The van der Waals surface area contributed by atoms with Crippen molar-refractivity contribution in [2.24, 2.45) is 11.1 Å². The minimum atomic E-state index is -4.41. The smallest absolute Gasteiger partial charge is 0.392 e. The molecule has 3 rings (SSSR count). The molecule has 7 heteroatoms. The first-order chi connectivity index (χ1) is 11.2. The van der Waals surface area contributed by atoms with Gasteiger partial charge in [0.05, 0.1) is 11.7 Å². The number of aliphatic hydroxyl groups excluding tert-OH is 1. The van der Waals surface area contributed by atoms with Crippen LogP contribution in [-0.2, 0) is 17.4 Å². The van der Waals surface area contributed by atoms with Crippen molar-refractivity contribution >= 4 is 5.91 Å². The number of halogens is 3. The van der Waals surface area contributed by atoms with Crippen LogP contribution in [-0.4, -0.2) is 29.2 Å². The minimum absolute atomic E-state index is 0.0764. The number of rotatable bonds is 4. The molecule has 4 N–H and O–H groups in total. The highest BCUT2D eigenvalue weighted by Gasteiger charge is 2.69. The summed E-state index contributed by atoms with van der Waals surface area (Å²) in [6, 6.07) is 5.33. The van der Waals surface area contributed by atoms with Crippen molar-refractivity contribution in [3.63, 3.8) is 0 Å². The Morgan fingerprint density at radius 2 is 2.00 bits per heavy atom. The van der Waals surface area contributed by atoms with Crippen molar-refractivity contribution in [1.29, 1.82) is 0 Å². The van der Waals surface area contributed by atoms with Gasteiger partial charge in [-0.15, -0.1) is 0 Å². The number of nitrogens with one attached hydrogen (secondary N) is 1. The number of alkyl halides is 3. The number of hydrogen-bond acceptors (Lipinski definition) is 3. The van der Waals surface area contributed by atoms with E-state index in [0.29, 0.717) is 0 Å². The summed E-state index contributed by atoms with van der Waals surface area (Å²) in [6.07, 6.45) is -2.32. The number of amides is 1. The number of hydrogen-bond donors (Lipinski definition) is 3. The van der Waals surface area contributed by atoms with Crippen molar-refractivity contribution in [3.8, 4) is 0 Å². The van der Waals surface area contributed by atoms with Crippen LogP contribution in [0, 0.1) is 5.41 Å². The van der Waals surface area contributed by atoms with Gasteiger partial charge in [-0.25, -0.2) is 0 Å². The molecule has 2 saturated carbocycles. The van der Waals surface area contributed by atoms with Crippen LogP contribution in [0.15, 0.2) is 24.3 Å². The lowest BCUT2D eigenvalue weighted by atomic mass is 9.44. The molecule has 0 bridgehead atoms. The monoisotopic (exact) mass is 342 g/mol. The van der Waals surface area contributed by atoms with E-state index in [1.165, 1.54) is 12.1 Å². The van der Waals surface area contributed by atoms with Crippen LogP contribution in [0.5, 0.6) is 0 Å². The third kappa shape index (κ3) is 2.50. The van der Waals surface area contributed by atoms with E-state index in [9.17, 15) is 23.1 Å². The van der Waals surface area contributed by atoms with Gasteiger partial charge in [0.2, 0.25) is 5.91 Å². The second-order valence-electron chi connectivity index (χ2n) is 6.86. The normalized spacial score (nSPS) is 28.1. The fourth-order valence-corrected chi connectivity index (χ4v) is 4.01. The molecule has 2 aliphatic rings. The van der Waals surface area contributed by atoms with Crippen molar-refractivity contribution in [1.82, 2.24) is 5.32 Å². The molecule has 0 heterocycles. The largest absolute Gasteiger partial charge is 0.416 e. The highest BCUT2D eigenvalue weighted by Crippen LogP contribution is 2.60. The third-order valence-corrected chi connectivity index (χ3v) is 5.70. The Bertz CT molecular complexity index is 643. The molecule has 132 valence electrons. The maximum absolute atomic E-state index is 13.0. The molecule has 2 fully saturated rings. The van der Waals surface area contributed by atoms with Crippen molar-refractivity contribution in [2.75, 3.05) is 6.54 Å². The molecule has 4 nitrogen and oxygen atoms in total. The Labute approximate surface area is 138 Å². The minimum Gasteiger partial charge on any atom is -0.392 e. The van der Waals surface area contributed by atoms with Crippen LogP contribution in [0.3, 0.4) is 0 Å². The van der Waals surface area contributed by atoms with Crippen molar-refractivity contribution < 1.29 is 23.1 Å². The van der Waals surface area contributed by atoms with Crippen LogP contribution in [0.2, 0.25) is 0 Å². The van der Waals surface area contributed by atoms with Crippen LogP contribution in [0.25, 0.3) is 0 Å². The van der Waals surface area contributed by atoms with Gasteiger partial charge in [-0.05, 0) is 30.9 Å². The molecular weight excluding hydrogens is 321 g/mol. The molecule has 2 atom stereocenters. The summed E-state index contributed by atoms with van der Waals surface area (Å²) >= 11 is 0. The van der Waals surface area contributed by atoms with Gasteiger partial charge < -0.3 is 16.2 Å². The van der Waals surface area contributed by atoms with E-state index >= 15 is 0 Å². The van der Waals surface area contributed by atoms with E-state index in [1.54, 1.807) is 6.07 Å². The van der Waals surface area contributed by atoms with E-state index in [2.05, 4.69) is 5.32 Å². The predicted molar refractivity (Wildman–Crippen MR) is 82.0 cm³/mol. The predicted octanol–water partition coefficient (Wildman–Crippen LogP) is 2.00. The second kappa shape index (κ2) is 5.74. The summed E-state index contributed by atoms with van der Waals surface area (Å²) in [5.41, 5.74) is 4.02. The summed E-state index contributed by atoms with van der Waals surface area (Å²) in [5.74, 6) is -0.378. The highest BCUT2D eigenvalue weighted by molar-refractivity contribution is 5.89. The van der Waals surface area contributed by atoms with Gasteiger partial charge in [-0.3, -0.25) is 4.79 Å². The summed E-state index contributed by atoms with van der Waals surface area (Å²) in [6.45, 7) is 0.0804. The van der Waals surface area contributed by atoms with Crippen molar-refractivity contribution in [3.05, 3.63) is 35.4 Å². The Morgan fingerprint density at radius 3 is 2.54 bits per heavy atom. The molecule has 1 aromatic carbocycles. The maximum atomic E-state index is 13.0. The Kier molecular flexibility index (Phi) is 4.12. The van der Waals surface area contributed by atoms with E-state index in [-0.39, 0.29) is 30.9 Å². The quantitative estimate of drug-likeness (QED) is 0.783. The van der Waals surface area contributed by atoms with Gasteiger partial charge in [-0.1, -0.05) is 24.6 Å². The fourth-order valence-electron chi connectivity index (χ4n) is 4.01. The number of aliphatic hydroxyl groups is 1. The fraction of sp³-hybridized carbons (Fsp3) is 0.588. The first-order valence-corrected chi connectivity index (χ1v) is 8.11.